The maximum absolute atomic E-state index is 5.72. The Morgan fingerprint density at radius 2 is 1.50 bits per heavy atom. The first-order valence-corrected chi connectivity index (χ1v) is 7.65. The molecule has 0 radical (unpaired) electrons. The summed E-state index contributed by atoms with van der Waals surface area (Å²) >= 11 is 0. The van der Waals surface area contributed by atoms with Gasteiger partial charge in [-0.3, -0.25) is 0 Å². The van der Waals surface area contributed by atoms with Crippen LogP contribution in [0.2, 0.25) is 0 Å². The third-order valence-electron chi connectivity index (χ3n) is 5.39. The monoisotopic (exact) mass is 275 g/mol. The van der Waals surface area contributed by atoms with Crippen molar-refractivity contribution in [3.63, 3.8) is 0 Å². The van der Waals surface area contributed by atoms with Gasteiger partial charge < -0.3 is 10.1 Å². The molecule has 1 aliphatic rings. The zero-order valence-electron chi connectivity index (χ0n) is 13.9. The van der Waals surface area contributed by atoms with Crippen molar-refractivity contribution >= 4 is 0 Å². The van der Waals surface area contributed by atoms with E-state index in [9.17, 15) is 0 Å². The van der Waals surface area contributed by atoms with Crippen molar-refractivity contribution in [1.29, 1.82) is 0 Å². The SMILES string of the molecule is CNC(c1ccc(OC(C)C)cc1)C1C(C)(C)C1(C)C. The van der Waals surface area contributed by atoms with Gasteiger partial charge in [0, 0.05) is 6.04 Å². The van der Waals surface area contributed by atoms with Crippen LogP contribution in [-0.2, 0) is 0 Å². The fourth-order valence-electron chi connectivity index (χ4n) is 3.63. The highest BCUT2D eigenvalue weighted by Crippen LogP contribution is 2.72. The standard InChI is InChI=1S/C18H29NO/c1-12(2)20-14-10-8-13(9-11-14)15(19-7)16-17(3,4)18(16,5)6/h8-12,15-16,19H,1-7H3. The molecule has 1 unspecified atom stereocenters. The number of hydrogen-bond acceptors (Lipinski definition) is 2. The van der Waals surface area contributed by atoms with Gasteiger partial charge in [-0.15, -0.1) is 0 Å². The second-order valence-corrected chi connectivity index (χ2v) is 7.42. The topological polar surface area (TPSA) is 21.3 Å². The highest BCUT2D eigenvalue weighted by atomic mass is 16.5. The lowest BCUT2D eigenvalue weighted by molar-refractivity contribution is 0.242. The number of rotatable bonds is 5. The Bertz CT molecular complexity index is 445. The Labute approximate surface area is 123 Å². The van der Waals surface area contributed by atoms with Crippen LogP contribution < -0.4 is 10.1 Å². The van der Waals surface area contributed by atoms with Crippen LogP contribution in [0.5, 0.6) is 5.75 Å². The molecule has 0 amide bonds. The van der Waals surface area contributed by atoms with Gasteiger partial charge in [0.1, 0.15) is 5.75 Å². The summed E-state index contributed by atoms with van der Waals surface area (Å²) in [5, 5.41) is 3.51. The molecule has 1 N–H and O–H groups in total. The molecule has 0 spiro atoms. The Kier molecular flexibility index (Phi) is 3.90. The van der Waals surface area contributed by atoms with E-state index in [0.29, 0.717) is 22.8 Å². The molecular weight excluding hydrogens is 246 g/mol. The van der Waals surface area contributed by atoms with Gasteiger partial charge in [-0.2, -0.15) is 0 Å². The molecule has 0 bridgehead atoms. The molecule has 0 saturated heterocycles. The van der Waals surface area contributed by atoms with Crippen molar-refractivity contribution in [3.05, 3.63) is 29.8 Å². The van der Waals surface area contributed by atoms with Crippen molar-refractivity contribution in [2.45, 2.75) is 53.7 Å². The molecule has 2 heteroatoms. The Balaban J connectivity index is 2.18. The van der Waals surface area contributed by atoms with Crippen LogP contribution in [0.1, 0.15) is 53.1 Å². The first-order chi connectivity index (χ1) is 9.21. The summed E-state index contributed by atoms with van der Waals surface area (Å²) in [6.07, 6.45) is 0.224. The number of benzene rings is 1. The van der Waals surface area contributed by atoms with E-state index in [-0.39, 0.29) is 6.10 Å². The van der Waals surface area contributed by atoms with E-state index in [0.717, 1.165) is 5.75 Å². The lowest BCUT2D eigenvalue weighted by Gasteiger charge is -2.20. The largest absolute Gasteiger partial charge is 0.491 e. The summed E-state index contributed by atoms with van der Waals surface area (Å²) < 4.78 is 5.72. The number of ether oxygens (including phenoxy) is 1. The predicted octanol–water partition coefficient (Wildman–Crippen LogP) is 4.42. The molecule has 1 aromatic carbocycles. The second-order valence-electron chi connectivity index (χ2n) is 7.42. The summed E-state index contributed by atoms with van der Waals surface area (Å²) in [5.41, 5.74) is 2.12. The molecule has 2 rings (SSSR count). The van der Waals surface area contributed by atoms with Crippen LogP contribution in [0, 0.1) is 16.7 Å². The van der Waals surface area contributed by atoms with E-state index in [1.54, 1.807) is 0 Å². The number of nitrogens with one attached hydrogen (secondary N) is 1. The van der Waals surface area contributed by atoms with Gasteiger partial charge in [-0.1, -0.05) is 39.8 Å². The van der Waals surface area contributed by atoms with Crippen molar-refractivity contribution in [2.75, 3.05) is 7.05 Å². The van der Waals surface area contributed by atoms with Crippen LogP contribution >= 0.6 is 0 Å². The minimum absolute atomic E-state index is 0.224. The lowest BCUT2D eigenvalue weighted by Crippen LogP contribution is -2.21. The van der Waals surface area contributed by atoms with Gasteiger partial charge >= 0.3 is 0 Å². The maximum Gasteiger partial charge on any atom is 0.119 e. The summed E-state index contributed by atoms with van der Waals surface area (Å²) in [6, 6.07) is 8.98. The molecule has 0 heterocycles. The van der Waals surface area contributed by atoms with E-state index in [1.165, 1.54) is 5.56 Å². The average Bonchev–Trinajstić information content (AvgIpc) is 2.74. The van der Waals surface area contributed by atoms with Crippen molar-refractivity contribution in [1.82, 2.24) is 5.32 Å². The molecule has 1 saturated carbocycles. The summed E-state index contributed by atoms with van der Waals surface area (Å²) in [6.45, 7) is 13.6. The third kappa shape index (κ3) is 2.46. The summed E-state index contributed by atoms with van der Waals surface area (Å²) in [7, 11) is 2.06. The maximum atomic E-state index is 5.72. The highest BCUT2D eigenvalue weighted by Gasteiger charge is 2.67. The van der Waals surface area contributed by atoms with Crippen molar-refractivity contribution in [2.24, 2.45) is 16.7 Å². The lowest BCUT2D eigenvalue weighted by atomic mass is 9.96. The van der Waals surface area contributed by atoms with E-state index < -0.39 is 0 Å². The van der Waals surface area contributed by atoms with E-state index in [2.05, 4.69) is 78.2 Å². The van der Waals surface area contributed by atoms with E-state index in [4.69, 9.17) is 4.74 Å². The Morgan fingerprint density at radius 3 is 1.85 bits per heavy atom. The molecule has 1 aliphatic carbocycles. The zero-order valence-corrected chi connectivity index (χ0v) is 13.9. The van der Waals surface area contributed by atoms with Crippen LogP contribution in [0.25, 0.3) is 0 Å². The quantitative estimate of drug-likeness (QED) is 0.859. The molecule has 0 aliphatic heterocycles. The Morgan fingerprint density at radius 1 is 1.00 bits per heavy atom. The van der Waals surface area contributed by atoms with Gasteiger partial charge in [-0.05, 0) is 55.3 Å². The van der Waals surface area contributed by atoms with Crippen LogP contribution in [0.4, 0.5) is 0 Å². The fourth-order valence-corrected chi connectivity index (χ4v) is 3.63. The zero-order chi connectivity index (χ0) is 15.1. The molecular formula is C18H29NO. The normalized spacial score (nSPS) is 21.8. The van der Waals surface area contributed by atoms with Crippen LogP contribution in [0.15, 0.2) is 24.3 Å². The molecule has 1 aromatic rings. The highest BCUT2D eigenvalue weighted by molar-refractivity contribution is 5.32. The first-order valence-electron chi connectivity index (χ1n) is 7.65. The summed E-state index contributed by atoms with van der Waals surface area (Å²) in [4.78, 5) is 0. The van der Waals surface area contributed by atoms with E-state index in [1.807, 2.05) is 0 Å². The van der Waals surface area contributed by atoms with Crippen LogP contribution in [-0.4, -0.2) is 13.2 Å². The second kappa shape index (κ2) is 5.07. The van der Waals surface area contributed by atoms with E-state index >= 15 is 0 Å². The molecule has 112 valence electrons. The third-order valence-corrected chi connectivity index (χ3v) is 5.39. The average molecular weight is 275 g/mol. The van der Waals surface area contributed by atoms with Gasteiger partial charge in [0.25, 0.3) is 0 Å². The molecule has 0 aromatic heterocycles. The fraction of sp³-hybridized carbons (Fsp3) is 0.667. The molecule has 2 nitrogen and oxygen atoms in total. The minimum atomic E-state index is 0.224. The van der Waals surface area contributed by atoms with Crippen LogP contribution in [0.3, 0.4) is 0 Å². The van der Waals surface area contributed by atoms with Gasteiger partial charge in [0.2, 0.25) is 0 Å². The van der Waals surface area contributed by atoms with Crippen molar-refractivity contribution < 1.29 is 4.74 Å². The first kappa shape index (κ1) is 15.4. The molecule has 20 heavy (non-hydrogen) atoms. The smallest absolute Gasteiger partial charge is 0.119 e. The van der Waals surface area contributed by atoms with Gasteiger partial charge in [0.15, 0.2) is 0 Å². The molecule has 1 fully saturated rings. The van der Waals surface area contributed by atoms with Gasteiger partial charge in [0.05, 0.1) is 6.10 Å². The van der Waals surface area contributed by atoms with Gasteiger partial charge in [-0.25, -0.2) is 0 Å². The number of hydrogen-bond donors (Lipinski definition) is 1. The minimum Gasteiger partial charge on any atom is -0.491 e. The molecule has 1 atom stereocenters. The van der Waals surface area contributed by atoms with Crippen molar-refractivity contribution in [3.8, 4) is 5.75 Å². The Hall–Kier alpha value is -1.02. The summed E-state index contributed by atoms with van der Waals surface area (Å²) in [5.74, 6) is 1.62. The predicted molar refractivity (Wildman–Crippen MR) is 85.1 cm³/mol.